The van der Waals surface area contributed by atoms with E-state index in [1.807, 2.05) is 30.6 Å². The minimum absolute atomic E-state index is 1.13. The summed E-state index contributed by atoms with van der Waals surface area (Å²) in [5.41, 5.74) is 0. The fourth-order valence-corrected chi connectivity index (χ4v) is 1.80. The van der Waals surface area contributed by atoms with Crippen LogP contribution in [0.15, 0.2) is 0 Å². The van der Waals surface area contributed by atoms with Crippen molar-refractivity contribution in [2.24, 2.45) is 0 Å². The summed E-state index contributed by atoms with van der Waals surface area (Å²) in [5, 5.41) is 4.32. The van der Waals surface area contributed by atoms with Crippen LogP contribution in [0.1, 0.15) is 0 Å². The first kappa shape index (κ1) is 8.66. The summed E-state index contributed by atoms with van der Waals surface area (Å²) < 4.78 is 0. The van der Waals surface area contributed by atoms with Gasteiger partial charge in [0.2, 0.25) is 0 Å². The first-order chi connectivity index (χ1) is 3.91. The van der Waals surface area contributed by atoms with Crippen molar-refractivity contribution in [3.8, 4) is 0 Å². The Balaban J connectivity index is 2.53. The van der Waals surface area contributed by atoms with E-state index < -0.39 is 0 Å². The Morgan fingerprint density at radius 3 is 2.75 bits per heavy atom. The number of nitrogens with one attached hydrogen (secondary N) is 1. The third-order valence-corrected chi connectivity index (χ3v) is 2.80. The van der Waals surface area contributed by atoms with Gasteiger partial charge in [-0.05, 0) is 13.3 Å². The molecule has 0 aromatic rings. The van der Waals surface area contributed by atoms with Gasteiger partial charge in [-0.2, -0.15) is 11.8 Å². The molecular formula is C5H13NS2. The van der Waals surface area contributed by atoms with Crippen LogP contribution in [0.3, 0.4) is 0 Å². The van der Waals surface area contributed by atoms with Gasteiger partial charge in [0.1, 0.15) is 0 Å². The lowest BCUT2D eigenvalue weighted by atomic mass is 10.8. The summed E-state index contributed by atoms with van der Waals surface area (Å²) >= 11 is 3.87. The third kappa shape index (κ3) is 6.66. The van der Waals surface area contributed by atoms with E-state index in [-0.39, 0.29) is 0 Å². The largest absolute Gasteiger partial charge is 0.319 e. The number of thioether (sulfide) groups is 2. The number of rotatable bonds is 5. The lowest BCUT2D eigenvalue weighted by Crippen LogP contribution is -2.09. The van der Waals surface area contributed by atoms with Gasteiger partial charge < -0.3 is 5.32 Å². The summed E-state index contributed by atoms with van der Waals surface area (Å²) in [7, 11) is 1.99. The normalized spacial score (nSPS) is 9.75. The van der Waals surface area contributed by atoms with E-state index in [0.29, 0.717) is 0 Å². The Morgan fingerprint density at radius 2 is 2.25 bits per heavy atom. The fraction of sp³-hybridized carbons (Fsp3) is 1.00. The molecule has 3 heteroatoms. The van der Waals surface area contributed by atoms with Crippen LogP contribution in [0.5, 0.6) is 0 Å². The standard InChI is InChI=1S/C5H13NS2/c1-6-3-4-8-5-7-2/h6H,3-5H2,1-2H3. The Morgan fingerprint density at radius 1 is 1.50 bits per heavy atom. The van der Waals surface area contributed by atoms with E-state index in [2.05, 4.69) is 11.6 Å². The Kier molecular flexibility index (Phi) is 8.29. The second kappa shape index (κ2) is 7.66. The summed E-state index contributed by atoms with van der Waals surface area (Å²) in [6, 6.07) is 0. The van der Waals surface area contributed by atoms with Gasteiger partial charge in [-0.3, -0.25) is 0 Å². The minimum Gasteiger partial charge on any atom is -0.319 e. The van der Waals surface area contributed by atoms with E-state index in [4.69, 9.17) is 0 Å². The first-order valence-electron chi connectivity index (χ1n) is 2.63. The molecule has 50 valence electrons. The molecule has 0 bridgehead atoms. The predicted molar refractivity (Wildman–Crippen MR) is 44.8 cm³/mol. The van der Waals surface area contributed by atoms with Gasteiger partial charge in [-0.25, -0.2) is 0 Å². The maximum atomic E-state index is 3.10. The third-order valence-electron chi connectivity index (χ3n) is 0.698. The molecule has 8 heavy (non-hydrogen) atoms. The van der Waals surface area contributed by atoms with E-state index in [0.717, 1.165) is 6.54 Å². The van der Waals surface area contributed by atoms with Crippen LogP contribution in [0.4, 0.5) is 0 Å². The van der Waals surface area contributed by atoms with Crippen molar-refractivity contribution in [1.82, 2.24) is 5.32 Å². The second-order valence-electron chi connectivity index (χ2n) is 1.42. The molecule has 1 nitrogen and oxygen atoms in total. The predicted octanol–water partition coefficient (Wildman–Crippen LogP) is 1.26. The molecule has 0 saturated heterocycles. The fourth-order valence-electron chi connectivity index (χ4n) is 0.316. The minimum atomic E-state index is 1.13. The van der Waals surface area contributed by atoms with Crippen LogP contribution in [0.25, 0.3) is 0 Å². The van der Waals surface area contributed by atoms with Gasteiger partial charge in [0.05, 0.1) is 0 Å². The summed E-state index contributed by atoms with van der Waals surface area (Å²) in [4.78, 5) is 0. The molecule has 0 amide bonds. The van der Waals surface area contributed by atoms with Crippen molar-refractivity contribution < 1.29 is 0 Å². The zero-order valence-electron chi connectivity index (χ0n) is 5.44. The molecule has 0 rings (SSSR count). The second-order valence-corrected chi connectivity index (χ2v) is 3.75. The van der Waals surface area contributed by atoms with Crippen LogP contribution in [-0.4, -0.2) is 30.7 Å². The van der Waals surface area contributed by atoms with Crippen molar-refractivity contribution in [2.45, 2.75) is 0 Å². The van der Waals surface area contributed by atoms with Gasteiger partial charge in [-0.1, -0.05) is 0 Å². The van der Waals surface area contributed by atoms with Crippen molar-refractivity contribution in [2.75, 3.05) is 30.7 Å². The summed E-state index contributed by atoms with van der Waals surface area (Å²) in [6.45, 7) is 1.13. The molecule has 0 unspecified atom stereocenters. The number of hydrogen-bond acceptors (Lipinski definition) is 3. The maximum absolute atomic E-state index is 3.10. The molecule has 0 fully saturated rings. The highest BCUT2D eigenvalue weighted by Gasteiger charge is 1.82. The Hall–Kier alpha value is 0.660. The van der Waals surface area contributed by atoms with E-state index in [1.54, 1.807) is 0 Å². The summed E-state index contributed by atoms with van der Waals surface area (Å²) in [5.74, 6) is 1.23. The topological polar surface area (TPSA) is 12.0 Å². The molecule has 0 aromatic carbocycles. The SMILES string of the molecule is CNCCSCSC. The molecule has 0 spiro atoms. The molecule has 0 aliphatic heterocycles. The Labute approximate surface area is 60.0 Å². The smallest absolute Gasteiger partial charge is 0.0389 e. The molecule has 0 aromatic heterocycles. The highest BCUT2D eigenvalue weighted by atomic mass is 32.2. The van der Waals surface area contributed by atoms with Gasteiger partial charge in [0, 0.05) is 17.4 Å². The molecule has 0 radical (unpaired) electrons. The van der Waals surface area contributed by atoms with Crippen LogP contribution >= 0.6 is 23.5 Å². The van der Waals surface area contributed by atoms with Gasteiger partial charge >= 0.3 is 0 Å². The quantitative estimate of drug-likeness (QED) is 0.469. The van der Waals surface area contributed by atoms with E-state index >= 15 is 0 Å². The molecule has 1 N–H and O–H groups in total. The molecule has 0 aliphatic rings. The van der Waals surface area contributed by atoms with Crippen LogP contribution in [-0.2, 0) is 0 Å². The molecular weight excluding hydrogens is 138 g/mol. The Bertz CT molecular complexity index is 35.4. The summed E-state index contributed by atoms with van der Waals surface area (Å²) in [6.07, 6.45) is 2.13. The average molecular weight is 151 g/mol. The van der Waals surface area contributed by atoms with E-state index in [1.165, 1.54) is 10.8 Å². The zero-order chi connectivity index (χ0) is 6.24. The van der Waals surface area contributed by atoms with Gasteiger partial charge in [0.25, 0.3) is 0 Å². The monoisotopic (exact) mass is 151 g/mol. The maximum Gasteiger partial charge on any atom is 0.0389 e. The average Bonchev–Trinajstić information content (AvgIpc) is 1.81. The molecule has 0 saturated carbocycles. The van der Waals surface area contributed by atoms with Crippen molar-refractivity contribution in [3.63, 3.8) is 0 Å². The highest BCUT2D eigenvalue weighted by Crippen LogP contribution is 2.06. The zero-order valence-corrected chi connectivity index (χ0v) is 7.07. The van der Waals surface area contributed by atoms with Gasteiger partial charge in [0.15, 0.2) is 0 Å². The van der Waals surface area contributed by atoms with Crippen LogP contribution in [0.2, 0.25) is 0 Å². The van der Waals surface area contributed by atoms with Crippen molar-refractivity contribution in [3.05, 3.63) is 0 Å². The van der Waals surface area contributed by atoms with Gasteiger partial charge in [-0.15, -0.1) is 11.8 Å². The van der Waals surface area contributed by atoms with Crippen LogP contribution in [0, 0.1) is 0 Å². The van der Waals surface area contributed by atoms with Crippen molar-refractivity contribution >= 4 is 23.5 Å². The lowest BCUT2D eigenvalue weighted by Gasteiger charge is -1.95. The van der Waals surface area contributed by atoms with Crippen molar-refractivity contribution in [1.29, 1.82) is 0 Å². The van der Waals surface area contributed by atoms with Crippen LogP contribution < -0.4 is 5.32 Å². The van der Waals surface area contributed by atoms with E-state index in [9.17, 15) is 0 Å². The number of hydrogen-bond donors (Lipinski definition) is 1. The highest BCUT2D eigenvalue weighted by molar-refractivity contribution is 8.15. The lowest BCUT2D eigenvalue weighted by molar-refractivity contribution is 0.872. The first-order valence-corrected chi connectivity index (χ1v) is 5.18. The molecule has 0 atom stereocenters. The molecule has 0 heterocycles. The molecule has 0 aliphatic carbocycles.